The molecule has 0 spiro atoms. The normalized spacial score (nSPS) is 13.1. The van der Waals surface area contributed by atoms with Crippen molar-refractivity contribution in [3.63, 3.8) is 0 Å². The molecule has 1 aromatic carbocycles. The molecule has 0 aliphatic carbocycles. The predicted molar refractivity (Wildman–Crippen MR) is 74.2 cm³/mol. The number of rotatable bonds is 5. The average molecular weight is 261 g/mol. The summed E-state index contributed by atoms with van der Waals surface area (Å²) in [6.07, 6.45) is 0. The van der Waals surface area contributed by atoms with Gasteiger partial charge in [-0.25, -0.2) is 4.98 Å². The number of benzene rings is 1. The molecule has 1 atom stereocenters. The first-order chi connectivity index (χ1) is 8.99. The fourth-order valence-corrected chi connectivity index (χ4v) is 2.21. The summed E-state index contributed by atoms with van der Waals surface area (Å²) in [5, 5.41) is 12.3. The summed E-state index contributed by atoms with van der Waals surface area (Å²) >= 11 is 0. The van der Waals surface area contributed by atoms with Gasteiger partial charge in [0.25, 0.3) is 0 Å². The minimum atomic E-state index is -0.842. The zero-order valence-corrected chi connectivity index (χ0v) is 11.4. The Morgan fingerprint density at radius 2 is 2.11 bits per heavy atom. The summed E-state index contributed by atoms with van der Waals surface area (Å²) in [7, 11) is 0. The molecule has 0 aliphatic heterocycles. The number of aryl methyl sites for hydroxylation is 1. The molecule has 0 saturated heterocycles. The van der Waals surface area contributed by atoms with E-state index in [0.717, 1.165) is 16.9 Å². The second-order valence-electron chi connectivity index (χ2n) is 4.97. The summed E-state index contributed by atoms with van der Waals surface area (Å²) in [4.78, 5) is 15.8. The van der Waals surface area contributed by atoms with Gasteiger partial charge in [-0.2, -0.15) is 0 Å². The van der Waals surface area contributed by atoms with E-state index in [4.69, 9.17) is 0 Å². The minimum absolute atomic E-state index is 0.121. The van der Waals surface area contributed by atoms with E-state index in [9.17, 15) is 9.90 Å². The second-order valence-corrected chi connectivity index (χ2v) is 4.97. The molecule has 0 radical (unpaired) electrons. The Morgan fingerprint density at radius 3 is 2.74 bits per heavy atom. The van der Waals surface area contributed by atoms with Gasteiger partial charge < -0.3 is 15.0 Å². The van der Waals surface area contributed by atoms with Gasteiger partial charge in [-0.15, -0.1) is 0 Å². The monoisotopic (exact) mass is 261 g/mol. The highest BCUT2D eigenvalue weighted by molar-refractivity contribution is 5.77. The van der Waals surface area contributed by atoms with Crippen molar-refractivity contribution in [3.8, 4) is 0 Å². The van der Waals surface area contributed by atoms with E-state index in [1.165, 1.54) is 0 Å². The molecule has 0 amide bonds. The van der Waals surface area contributed by atoms with Gasteiger partial charge in [0.05, 0.1) is 17.6 Å². The number of aromatic nitrogens is 2. The topological polar surface area (TPSA) is 67.2 Å². The Kier molecular flexibility index (Phi) is 3.85. The number of carboxylic acid groups (broad SMARTS) is 1. The first-order valence-corrected chi connectivity index (χ1v) is 6.39. The van der Waals surface area contributed by atoms with Gasteiger partial charge in [-0.05, 0) is 19.1 Å². The molecule has 1 aromatic heterocycles. The lowest BCUT2D eigenvalue weighted by Gasteiger charge is -2.19. The fourth-order valence-electron chi connectivity index (χ4n) is 2.21. The van der Waals surface area contributed by atoms with Crippen molar-refractivity contribution in [1.82, 2.24) is 14.9 Å². The van der Waals surface area contributed by atoms with Crippen molar-refractivity contribution in [2.75, 3.05) is 0 Å². The molecular formula is C14H19N3O2. The van der Waals surface area contributed by atoms with Crippen molar-refractivity contribution < 1.29 is 9.90 Å². The van der Waals surface area contributed by atoms with Gasteiger partial charge in [0.15, 0.2) is 0 Å². The summed E-state index contributed by atoms with van der Waals surface area (Å²) in [5.41, 5.74) is 1.87. The molecule has 0 aliphatic rings. The van der Waals surface area contributed by atoms with E-state index >= 15 is 0 Å². The van der Waals surface area contributed by atoms with Crippen LogP contribution in [0, 0.1) is 6.92 Å². The number of aliphatic carboxylic acids is 1. The Hall–Kier alpha value is -1.88. The zero-order valence-electron chi connectivity index (χ0n) is 11.4. The molecule has 1 unspecified atom stereocenters. The van der Waals surface area contributed by atoms with Crippen LogP contribution in [0.2, 0.25) is 0 Å². The van der Waals surface area contributed by atoms with Crippen LogP contribution in [0.25, 0.3) is 11.0 Å². The SMILES string of the molecule is Cc1nc2ccccc2n1CC(NC(C)C)C(=O)O. The predicted octanol–water partition coefficient (Wildman–Crippen LogP) is 1.80. The van der Waals surface area contributed by atoms with Gasteiger partial charge in [0.2, 0.25) is 0 Å². The van der Waals surface area contributed by atoms with Crippen LogP contribution in [0.4, 0.5) is 0 Å². The van der Waals surface area contributed by atoms with E-state index in [1.54, 1.807) is 0 Å². The lowest BCUT2D eigenvalue weighted by Crippen LogP contribution is -2.43. The molecular weight excluding hydrogens is 242 g/mol. The minimum Gasteiger partial charge on any atom is -0.480 e. The van der Waals surface area contributed by atoms with E-state index in [0.29, 0.717) is 6.54 Å². The second kappa shape index (κ2) is 5.40. The quantitative estimate of drug-likeness (QED) is 0.861. The molecule has 19 heavy (non-hydrogen) atoms. The standard InChI is InChI=1S/C14H19N3O2/c1-9(2)15-12(14(18)19)8-17-10(3)16-11-6-4-5-7-13(11)17/h4-7,9,12,15H,8H2,1-3H3,(H,18,19). The molecule has 0 bridgehead atoms. The van der Waals surface area contributed by atoms with E-state index in [2.05, 4.69) is 10.3 Å². The van der Waals surface area contributed by atoms with Crippen LogP contribution in [-0.4, -0.2) is 32.7 Å². The Labute approximate surface area is 112 Å². The number of hydrogen-bond donors (Lipinski definition) is 2. The van der Waals surface area contributed by atoms with Crippen molar-refractivity contribution in [2.24, 2.45) is 0 Å². The third kappa shape index (κ3) is 2.93. The Balaban J connectivity index is 2.33. The summed E-state index contributed by atoms with van der Waals surface area (Å²) in [6.45, 7) is 6.15. The molecule has 2 aromatic rings. The van der Waals surface area contributed by atoms with Crippen LogP contribution < -0.4 is 5.32 Å². The van der Waals surface area contributed by atoms with Gasteiger partial charge in [-0.3, -0.25) is 4.79 Å². The van der Waals surface area contributed by atoms with Crippen molar-refractivity contribution in [3.05, 3.63) is 30.1 Å². The Morgan fingerprint density at radius 1 is 1.42 bits per heavy atom. The first-order valence-electron chi connectivity index (χ1n) is 6.39. The van der Waals surface area contributed by atoms with E-state index in [1.807, 2.05) is 49.6 Å². The average Bonchev–Trinajstić information content (AvgIpc) is 2.64. The highest BCUT2D eigenvalue weighted by Crippen LogP contribution is 2.16. The molecule has 0 saturated carbocycles. The number of carbonyl (C=O) groups is 1. The van der Waals surface area contributed by atoms with Crippen LogP contribution >= 0.6 is 0 Å². The molecule has 2 rings (SSSR count). The molecule has 0 fully saturated rings. The summed E-state index contributed by atoms with van der Waals surface area (Å²) in [5.74, 6) is -0.0103. The molecule has 102 valence electrons. The Bertz CT molecular complexity index is 589. The van der Waals surface area contributed by atoms with Gasteiger partial charge in [0.1, 0.15) is 11.9 Å². The van der Waals surface area contributed by atoms with Crippen molar-refractivity contribution in [2.45, 2.75) is 39.4 Å². The van der Waals surface area contributed by atoms with E-state index < -0.39 is 12.0 Å². The van der Waals surface area contributed by atoms with Crippen LogP contribution in [-0.2, 0) is 11.3 Å². The number of carboxylic acids is 1. The molecule has 1 heterocycles. The summed E-state index contributed by atoms with van der Waals surface area (Å²) < 4.78 is 1.95. The smallest absolute Gasteiger partial charge is 0.322 e. The maximum Gasteiger partial charge on any atom is 0.322 e. The number of imidazole rings is 1. The van der Waals surface area contributed by atoms with Crippen LogP contribution in [0.3, 0.4) is 0 Å². The highest BCUT2D eigenvalue weighted by atomic mass is 16.4. The molecule has 5 heteroatoms. The lowest BCUT2D eigenvalue weighted by atomic mass is 10.2. The van der Waals surface area contributed by atoms with Gasteiger partial charge in [0, 0.05) is 6.04 Å². The third-order valence-corrected chi connectivity index (χ3v) is 3.04. The largest absolute Gasteiger partial charge is 0.480 e. The van der Waals surface area contributed by atoms with Gasteiger partial charge in [-0.1, -0.05) is 26.0 Å². The number of nitrogens with zero attached hydrogens (tertiary/aromatic N) is 2. The van der Waals surface area contributed by atoms with Crippen LogP contribution in [0.1, 0.15) is 19.7 Å². The first kappa shape index (κ1) is 13.5. The third-order valence-electron chi connectivity index (χ3n) is 3.04. The van der Waals surface area contributed by atoms with Crippen molar-refractivity contribution >= 4 is 17.0 Å². The maximum absolute atomic E-state index is 11.3. The fraction of sp³-hybridized carbons (Fsp3) is 0.429. The maximum atomic E-state index is 11.3. The van der Waals surface area contributed by atoms with Crippen LogP contribution in [0.5, 0.6) is 0 Å². The molecule has 2 N–H and O–H groups in total. The number of para-hydroxylation sites is 2. The van der Waals surface area contributed by atoms with E-state index in [-0.39, 0.29) is 6.04 Å². The number of hydrogen-bond acceptors (Lipinski definition) is 3. The number of nitrogens with one attached hydrogen (secondary N) is 1. The van der Waals surface area contributed by atoms with Crippen molar-refractivity contribution in [1.29, 1.82) is 0 Å². The highest BCUT2D eigenvalue weighted by Gasteiger charge is 2.20. The van der Waals surface area contributed by atoms with Gasteiger partial charge >= 0.3 is 5.97 Å². The zero-order chi connectivity index (χ0) is 14.0. The lowest BCUT2D eigenvalue weighted by molar-refractivity contribution is -0.140. The summed E-state index contributed by atoms with van der Waals surface area (Å²) in [6, 6.07) is 7.27. The van der Waals surface area contributed by atoms with Crippen LogP contribution in [0.15, 0.2) is 24.3 Å². The molecule has 5 nitrogen and oxygen atoms in total. The number of fused-ring (bicyclic) bond motifs is 1.